The lowest BCUT2D eigenvalue weighted by Gasteiger charge is -2.19. The largest absolute Gasteiger partial charge is 0.486 e. The van der Waals surface area contributed by atoms with E-state index in [4.69, 9.17) is 15.3 Å². The summed E-state index contributed by atoms with van der Waals surface area (Å²) >= 11 is 1.17. The summed E-state index contributed by atoms with van der Waals surface area (Å²) in [6, 6.07) is 11.0. The summed E-state index contributed by atoms with van der Waals surface area (Å²) in [6.07, 6.45) is 0. The van der Waals surface area contributed by atoms with E-state index in [9.17, 15) is 9.18 Å². The van der Waals surface area contributed by atoms with Gasteiger partial charge < -0.3 is 20.6 Å². The highest BCUT2D eigenvalue weighted by atomic mass is 32.2. The number of thioether (sulfide) groups is 1. The van der Waals surface area contributed by atoms with Crippen LogP contribution in [0.1, 0.15) is 6.92 Å². The third-order valence-electron chi connectivity index (χ3n) is 4.23. The van der Waals surface area contributed by atoms with Crippen molar-refractivity contribution >= 4 is 23.4 Å². The van der Waals surface area contributed by atoms with Gasteiger partial charge in [-0.15, -0.1) is 10.2 Å². The van der Waals surface area contributed by atoms with Crippen LogP contribution in [0.4, 0.5) is 10.1 Å². The fraction of sp³-hybridized carbons (Fsp3) is 0.211. The van der Waals surface area contributed by atoms with E-state index in [0.717, 1.165) is 0 Å². The molecule has 1 aromatic heterocycles. The maximum Gasteiger partial charge on any atom is 0.237 e. The zero-order valence-corrected chi connectivity index (χ0v) is 16.3. The number of halogens is 1. The predicted octanol–water partition coefficient (Wildman–Crippen LogP) is 2.69. The average molecular weight is 415 g/mol. The van der Waals surface area contributed by atoms with Crippen molar-refractivity contribution in [2.75, 3.05) is 24.4 Å². The van der Waals surface area contributed by atoms with Crippen molar-refractivity contribution in [1.82, 2.24) is 14.9 Å². The number of fused-ring (bicyclic) bond motifs is 1. The number of amides is 1. The maximum absolute atomic E-state index is 13.1. The molecular formula is C19H18FN5O3S. The first kappa shape index (κ1) is 19.1. The van der Waals surface area contributed by atoms with E-state index in [1.165, 1.54) is 28.6 Å². The average Bonchev–Trinajstić information content (AvgIpc) is 3.08. The molecule has 3 aromatic rings. The molecule has 0 bridgehead atoms. The van der Waals surface area contributed by atoms with Gasteiger partial charge in [-0.05, 0) is 43.3 Å². The molecule has 0 fully saturated rings. The smallest absolute Gasteiger partial charge is 0.237 e. The van der Waals surface area contributed by atoms with Gasteiger partial charge in [-0.3, -0.25) is 4.79 Å². The zero-order chi connectivity index (χ0) is 20.4. The van der Waals surface area contributed by atoms with Gasteiger partial charge in [0.05, 0.1) is 5.25 Å². The molecule has 0 unspecified atom stereocenters. The third kappa shape index (κ3) is 4.11. The van der Waals surface area contributed by atoms with Gasteiger partial charge >= 0.3 is 0 Å². The maximum atomic E-state index is 13.1. The SMILES string of the molecule is C[C@H](Sc1nnc(-c2ccc(F)cc2)n1N)C(=O)Nc1ccc2c(c1)OCCO2. The quantitative estimate of drug-likeness (QED) is 0.488. The molecular weight excluding hydrogens is 397 g/mol. The fourth-order valence-electron chi connectivity index (χ4n) is 2.73. The van der Waals surface area contributed by atoms with Crippen LogP contribution < -0.4 is 20.6 Å². The number of anilines is 1. The molecule has 2 aromatic carbocycles. The van der Waals surface area contributed by atoms with Crippen LogP contribution in [0.25, 0.3) is 11.4 Å². The topological polar surface area (TPSA) is 104 Å². The number of nitrogens with zero attached hydrogens (tertiary/aromatic N) is 3. The van der Waals surface area contributed by atoms with E-state index in [1.54, 1.807) is 37.3 Å². The molecule has 150 valence electrons. The van der Waals surface area contributed by atoms with Crippen LogP contribution in [-0.2, 0) is 4.79 Å². The number of hydrogen-bond donors (Lipinski definition) is 2. The van der Waals surface area contributed by atoms with Gasteiger partial charge in [0.2, 0.25) is 11.1 Å². The van der Waals surface area contributed by atoms with E-state index >= 15 is 0 Å². The summed E-state index contributed by atoms with van der Waals surface area (Å²) in [5, 5.41) is 10.8. The number of carbonyl (C=O) groups excluding carboxylic acids is 1. The van der Waals surface area contributed by atoms with Crippen molar-refractivity contribution in [1.29, 1.82) is 0 Å². The Kier molecular flexibility index (Phi) is 5.26. The molecule has 0 aliphatic carbocycles. The Morgan fingerprint density at radius 2 is 1.90 bits per heavy atom. The molecule has 0 saturated heterocycles. The highest BCUT2D eigenvalue weighted by Gasteiger charge is 2.21. The van der Waals surface area contributed by atoms with Gasteiger partial charge in [-0.1, -0.05) is 11.8 Å². The van der Waals surface area contributed by atoms with Crippen molar-refractivity contribution < 1.29 is 18.7 Å². The van der Waals surface area contributed by atoms with E-state index < -0.39 is 5.25 Å². The Bertz CT molecular complexity index is 1040. The molecule has 0 saturated carbocycles. The minimum absolute atomic E-state index is 0.224. The number of ether oxygens (including phenoxy) is 2. The molecule has 4 rings (SSSR count). The number of nitrogens with two attached hydrogens (primary N) is 1. The molecule has 1 amide bonds. The first-order chi connectivity index (χ1) is 14.0. The second kappa shape index (κ2) is 8.00. The van der Waals surface area contributed by atoms with Crippen molar-refractivity contribution in [3.63, 3.8) is 0 Å². The summed E-state index contributed by atoms with van der Waals surface area (Å²) in [5.41, 5.74) is 1.23. The number of nitrogens with one attached hydrogen (secondary N) is 1. The summed E-state index contributed by atoms with van der Waals surface area (Å²) in [5.74, 6) is 7.12. The molecule has 0 radical (unpaired) electrons. The highest BCUT2D eigenvalue weighted by molar-refractivity contribution is 8.00. The minimum Gasteiger partial charge on any atom is -0.486 e. The number of hydrogen-bond acceptors (Lipinski definition) is 7. The minimum atomic E-state index is -0.490. The van der Waals surface area contributed by atoms with Gasteiger partial charge in [-0.2, -0.15) is 0 Å². The van der Waals surface area contributed by atoms with Crippen LogP contribution in [0.2, 0.25) is 0 Å². The second-order valence-corrected chi connectivity index (χ2v) is 7.60. The lowest BCUT2D eigenvalue weighted by Crippen LogP contribution is -2.24. The monoisotopic (exact) mass is 415 g/mol. The van der Waals surface area contributed by atoms with Crippen LogP contribution in [0.5, 0.6) is 11.5 Å². The first-order valence-corrected chi connectivity index (χ1v) is 9.73. The number of rotatable bonds is 5. The number of aromatic nitrogens is 3. The van der Waals surface area contributed by atoms with Crippen LogP contribution >= 0.6 is 11.8 Å². The second-order valence-electron chi connectivity index (χ2n) is 6.29. The third-order valence-corrected chi connectivity index (χ3v) is 5.28. The Hall–Kier alpha value is -3.27. The summed E-state index contributed by atoms with van der Waals surface area (Å²) < 4.78 is 25.4. The number of carbonyl (C=O) groups is 1. The Labute approximate surface area is 170 Å². The Morgan fingerprint density at radius 3 is 2.66 bits per heavy atom. The van der Waals surface area contributed by atoms with Gasteiger partial charge in [-0.25, -0.2) is 9.07 Å². The van der Waals surface area contributed by atoms with Crippen molar-refractivity contribution in [2.24, 2.45) is 0 Å². The van der Waals surface area contributed by atoms with E-state index in [-0.39, 0.29) is 11.7 Å². The lowest BCUT2D eigenvalue weighted by atomic mass is 10.2. The molecule has 1 aliphatic rings. The van der Waals surface area contributed by atoms with Crippen LogP contribution in [-0.4, -0.2) is 39.2 Å². The van der Waals surface area contributed by atoms with Gasteiger partial charge in [0.15, 0.2) is 17.3 Å². The summed E-state index contributed by atoms with van der Waals surface area (Å²) in [4.78, 5) is 12.6. The molecule has 8 nitrogen and oxygen atoms in total. The Balaban J connectivity index is 1.43. The van der Waals surface area contributed by atoms with Crippen LogP contribution in [0.3, 0.4) is 0 Å². The summed E-state index contributed by atoms with van der Waals surface area (Å²) in [7, 11) is 0. The molecule has 3 N–H and O–H groups in total. The molecule has 29 heavy (non-hydrogen) atoms. The molecule has 1 atom stereocenters. The first-order valence-electron chi connectivity index (χ1n) is 8.85. The molecule has 2 heterocycles. The zero-order valence-electron chi connectivity index (χ0n) is 15.5. The molecule has 10 heteroatoms. The standard InChI is InChI=1S/C19H18FN5O3S/c1-11(18(26)22-14-6-7-15-16(10-14)28-9-8-27-15)29-19-24-23-17(25(19)21)12-2-4-13(20)5-3-12/h2-7,10-11H,8-9,21H2,1H3,(H,22,26)/t11-/m0/s1. The highest BCUT2D eigenvalue weighted by Crippen LogP contribution is 2.33. The molecule has 0 spiro atoms. The van der Waals surface area contributed by atoms with Crippen molar-refractivity contribution in [3.8, 4) is 22.9 Å². The van der Waals surface area contributed by atoms with Crippen molar-refractivity contribution in [2.45, 2.75) is 17.3 Å². The predicted molar refractivity (Wildman–Crippen MR) is 107 cm³/mol. The van der Waals surface area contributed by atoms with Crippen molar-refractivity contribution in [3.05, 3.63) is 48.3 Å². The van der Waals surface area contributed by atoms with E-state index in [2.05, 4.69) is 15.5 Å². The normalized spacial score (nSPS) is 13.7. The van der Waals surface area contributed by atoms with Gasteiger partial charge in [0.25, 0.3) is 0 Å². The van der Waals surface area contributed by atoms with E-state index in [1.807, 2.05) is 0 Å². The van der Waals surface area contributed by atoms with Gasteiger partial charge in [0.1, 0.15) is 19.0 Å². The molecule has 1 aliphatic heterocycles. The number of benzene rings is 2. The van der Waals surface area contributed by atoms with Crippen LogP contribution in [0.15, 0.2) is 47.6 Å². The Morgan fingerprint density at radius 1 is 1.17 bits per heavy atom. The van der Waals surface area contributed by atoms with Gasteiger partial charge in [0, 0.05) is 17.3 Å². The fourth-order valence-corrected chi connectivity index (χ4v) is 3.50. The summed E-state index contributed by atoms with van der Waals surface area (Å²) in [6.45, 7) is 2.72. The number of nitrogen functional groups attached to an aromatic ring is 1. The van der Waals surface area contributed by atoms with E-state index in [0.29, 0.717) is 46.9 Å². The van der Waals surface area contributed by atoms with Crippen LogP contribution in [0, 0.1) is 5.82 Å². The lowest BCUT2D eigenvalue weighted by molar-refractivity contribution is -0.115.